The number of allylic oxidation sites excluding steroid dienone is 1. The summed E-state index contributed by atoms with van der Waals surface area (Å²) in [6.45, 7) is 3.91. The third kappa shape index (κ3) is 4.23. The van der Waals surface area contributed by atoms with Gasteiger partial charge in [-0.25, -0.2) is 0 Å². The Morgan fingerprint density at radius 3 is 2.34 bits per heavy atom. The predicted molar refractivity (Wildman–Crippen MR) is 139 cm³/mol. The van der Waals surface area contributed by atoms with E-state index in [0.29, 0.717) is 24.8 Å². The predicted octanol–water partition coefficient (Wildman–Crippen LogP) is 6.31. The van der Waals surface area contributed by atoms with Crippen LogP contribution >= 0.6 is 0 Å². The van der Waals surface area contributed by atoms with Gasteiger partial charge in [0.25, 0.3) is 0 Å². The highest BCUT2D eigenvalue weighted by Gasteiger charge is 2.41. The van der Waals surface area contributed by atoms with E-state index in [1.54, 1.807) is 7.11 Å². The zero-order valence-corrected chi connectivity index (χ0v) is 20.4. The first kappa shape index (κ1) is 22.9. The number of rotatable bonds is 4. The molecule has 5 nitrogen and oxygen atoms in total. The van der Waals surface area contributed by atoms with Crippen LogP contribution in [0.1, 0.15) is 54.8 Å². The molecule has 35 heavy (non-hydrogen) atoms. The van der Waals surface area contributed by atoms with Crippen LogP contribution in [-0.2, 0) is 9.59 Å². The Morgan fingerprint density at radius 2 is 1.66 bits per heavy atom. The van der Waals surface area contributed by atoms with Gasteiger partial charge in [0.05, 0.1) is 24.5 Å². The molecule has 0 bridgehead atoms. The maximum Gasteiger partial charge on any atom is 0.227 e. The third-order valence-corrected chi connectivity index (χ3v) is 7.04. The molecule has 3 aromatic rings. The largest absolute Gasteiger partial charge is 0.497 e. The molecule has 0 fully saturated rings. The number of amides is 1. The molecule has 5 rings (SSSR count). The molecule has 2 aliphatic rings. The summed E-state index contributed by atoms with van der Waals surface area (Å²) in [4.78, 5) is 29.1. The Morgan fingerprint density at radius 1 is 0.971 bits per heavy atom. The number of para-hydroxylation sites is 2. The Bertz CT molecular complexity index is 1290. The molecule has 0 aromatic heterocycles. The van der Waals surface area contributed by atoms with E-state index in [2.05, 4.69) is 5.32 Å². The summed E-state index contributed by atoms with van der Waals surface area (Å²) in [5.74, 6) is 0.917. The van der Waals surface area contributed by atoms with Crippen LogP contribution in [0.25, 0.3) is 0 Å². The minimum Gasteiger partial charge on any atom is -0.497 e. The van der Waals surface area contributed by atoms with Crippen LogP contribution in [0.2, 0.25) is 0 Å². The van der Waals surface area contributed by atoms with E-state index < -0.39 is 6.04 Å². The van der Waals surface area contributed by atoms with Gasteiger partial charge >= 0.3 is 0 Å². The fraction of sp³-hybridized carbons (Fsp3) is 0.267. The van der Waals surface area contributed by atoms with Gasteiger partial charge in [0.2, 0.25) is 5.91 Å². The summed E-state index contributed by atoms with van der Waals surface area (Å²) >= 11 is 0. The van der Waals surface area contributed by atoms with Crippen molar-refractivity contribution in [3.05, 3.63) is 101 Å². The Balaban J connectivity index is 1.67. The molecule has 1 amide bonds. The monoisotopic (exact) mass is 466 g/mol. The van der Waals surface area contributed by atoms with Crippen molar-refractivity contribution in [2.24, 2.45) is 0 Å². The molecule has 1 aliphatic carbocycles. The SMILES string of the molecule is CCC(=O)N1c2ccccc2NC2=C(C(=O)C[C@H](c3ccc(OC)cc3)C2)[C@H]1c1ccc(C)cc1. The molecule has 3 aromatic carbocycles. The molecule has 2 atom stereocenters. The Hall–Kier alpha value is -3.86. The van der Waals surface area contributed by atoms with Crippen molar-refractivity contribution in [3.8, 4) is 5.75 Å². The van der Waals surface area contributed by atoms with Crippen LogP contribution in [0.5, 0.6) is 5.75 Å². The zero-order valence-electron chi connectivity index (χ0n) is 20.4. The molecule has 0 saturated carbocycles. The lowest BCUT2D eigenvalue weighted by Gasteiger charge is -2.35. The van der Waals surface area contributed by atoms with Crippen LogP contribution in [0.4, 0.5) is 11.4 Å². The minimum absolute atomic E-state index is 0.0105. The van der Waals surface area contributed by atoms with Crippen LogP contribution < -0.4 is 15.0 Å². The average Bonchev–Trinajstić information content (AvgIpc) is 3.03. The highest BCUT2D eigenvalue weighted by molar-refractivity contribution is 6.06. The number of ether oxygens (including phenoxy) is 1. The van der Waals surface area contributed by atoms with E-state index in [0.717, 1.165) is 39.5 Å². The maximum atomic E-state index is 13.9. The number of hydrogen-bond acceptors (Lipinski definition) is 4. The van der Waals surface area contributed by atoms with Gasteiger partial charge in [-0.1, -0.05) is 61.0 Å². The number of anilines is 2. The van der Waals surface area contributed by atoms with E-state index in [1.165, 1.54) is 0 Å². The number of hydrogen-bond donors (Lipinski definition) is 1. The summed E-state index contributed by atoms with van der Waals surface area (Å²) in [7, 11) is 1.65. The average molecular weight is 467 g/mol. The lowest BCUT2D eigenvalue weighted by atomic mass is 9.78. The van der Waals surface area contributed by atoms with E-state index >= 15 is 0 Å². The van der Waals surface area contributed by atoms with Gasteiger partial charge in [-0.05, 0) is 54.7 Å². The quantitative estimate of drug-likeness (QED) is 0.489. The third-order valence-electron chi connectivity index (χ3n) is 7.04. The van der Waals surface area contributed by atoms with Crippen molar-refractivity contribution < 1.29 is 14.3 Å². The molecule has 1 N–H and O–H groups in total. The lowest BCUT2D eigenvalue weighted by Crippen LogP contribution is -2.38. The van der Waals surface area contributed by atoms with E-state index in [-0.39, 0.29) is 17.6 Å². The van der Waals surface area contributed by atoms with Gasteiger partial charge in [0.15, 0.2) is 5.78 Å². The molecule has 0 radical (unpaired) electrons. The number of methoxy groups -OCH3 is 1. The molecule has 1 aliphatic heterocycles. The molecule has 0 unspecified atom stereocenters. The van der Waals surface area contributed by atoms with E-state index in [9.17, 15) is 9.59 Å². The Labute approximate surface area is 206 Å². The topological polar surface area (TPSA) is 58.6 Å². The van der Waals surface area contributed by atoms with Crippen molar-refractivity contribution >= 4 is 23.1 Å². The maximum absolute atomic E-state index is 13.9. The van der Waals surface area contributed by atoms with Gasteiger partial charge in [-0.2, -0.15) is 0 Å². The standard InChI is InChI=1S/C30H30N2O3/c1-4-28(34)32-26-8-6-5-7-24(26)31-25-17-22(20-13-15-23(35-3)16-14-20)18-27(33)29(25)30(32)21-11-9-19(2)10-12-21/h5-16,22,30-31H,4,17-18H2,1-3H3/t22-,30-/m1/s1. The van der Waals surface area contributed by atoms with Crippen molar-refractivity contribution in [3.63, 3.8) is 0 Å². The number of ketones is 1. The Kier molecular flexibility index (Phi) is 6.16. The first-order valence-corrected chi connectivity index (χ1v) is 12.1. The number of fused-ring (bicyclic) bond motifs is 1. The first-order chi connectivity index (χ1) is 17.0. The minimum atomic E-state index is -0.474. The summed E-state index contributed by atoms with van der Waals surface area (Å²) < 4.78 is 5.31. The van der Waals surface area contributed by atoms with Crippen molar-refractivity contribution in [1.29, 1.82) is 0 Å². The van der Waals surface area contributed by atoms with Crippen LogP contribution in [-0.4, -0.2) is 18.8 Å². The van der Waals surface area contributed by atoms with Crippen LogP contribution in [0.3, 0.4) is 0 Å². The zero-order chi connectivity index (χ0) is 24.5. The van der Waals surface area contributed by atoms with Gasteiger partial charge in [-0.3, -0.25) is 14.5 Å². The highest BCUT2D eigenvalue weighted by atomic mass is 16.5. The molecular weight excluding hydrogens is 436 g/mol. The van der Waals surface area contributed by atoms with Gasteiger partial charge in [-0.15, -0.1) is 0 Å². The molecule has 1 heterocycles. The number of nitrogens with one attached hydrogen (secondary N) is 1. The summed E-state index contributed by atoms with van der Waals surface area (Å²) in [6.07, 6.45) is 1.44. The number of carbonyl (C=O) groups excluding carboxylic acids is 2. The summed E-state index contributed by atoms with van der Waals surface area (Å²) in [5, 5.41) is 3.57. The number of Topliss-reactive ketones (excluding diaryl/α,β-unsaturated/α-hetero) is 1. The molecule has 5 heteroatoms. The number of benzene rings is 3. The van der Waals surface area contributed by atoms with Crippen molar-refractivity contribution in [1.82, 2.24) is 0 Å². The molecule has 0 saturated heterocycles. The highest BCUT2D eigenvalue weighted by Crippen LogP contribution is 2.47. The van der Waals surface area contributed by atoms with Crippen LogP contribution in [0.15, 0.2) is 84.1 Å². The van der Waals surface area contributed by atoms with Crippen molar-refractivity contribution in [2.45, 2.75) is 45.1 Å². The smallest absolute Gasteiger partial charge is 0.227 e. The second kappa shape index (κ2) is 9.41. The van der Waals surface area contributed by atoms with E-state index in [4.69, 9.17) is 4.74 Å². The first-order valence-electron chi connectivity index (χ1n) is 12.1. The normalized spacial score (nSPS) is 19.4. The summed E-state index contributed by atoms with van der Waals surface area (Å²) in [6, 6.07) is 23.5. The molecular formula is C30H30N2O3. The number of nitrogens with zero attached hydrogens (tertiary/aromatic N) is 1. The number of aryl methyl sites for hydroxylation is 1. The molecule has 0 spiro atoms. The fourth-order valence-electron chi connectivity index (χ4n) is 5.21. The second-order valence-electron chi connectivity index (χ2n) is 9.27. The van der Waals surface area contributed by atoms with Gasteiger partial charge in [0.1, 0.15) is 5.75 Å². The molecule has 178 valence electrons. The summed E-state index contributed by atoms with van der Waals surface area (Å²) in [5.41, 5.74) is 6.42. The van der Waals surface area contributed by atoms with Gasteiger partial charge < -0.3 is 10.1 Å². The van der Waals surface area contributed by atoms with Crippen LogP contribution in [0, 0.1) is 6.92 Å². The van der Waals surface area contributed by atoms with E-state index in [1.807, 2.05) is 91.5 Å². The second-order valence-corrected chi connectivity index (χ2v) is 9.27. The fourth-order valence-corrected chi connectivity index (χ4v) is 5.21. The van der Waals surface area contributed by atoms with Crippen molar-refractivity contribution in [2.75, 3.05) is 17.3 Å². The number of carbonyl (C=O) groups is 2. The lowest BCUT2D eigenvalue weighted by molar-refractivity contribution is -0.119. The van der Waals surface area contributed by atoms with Gasteiger partial charge in [0, 0.05) is 24.1 Å².